The molecule has 1 saturated heterocycles. The summed E-state index contributed by atoms with van der Waals surface area (Å²) in [6.45, 7) is 2.16. The Hall–Kier alpha value is -1.69. The maximum Gasteiger partial charge on any atom is 0.141 e. The molecular weight excluding hydrogens is 317 g/mol. The van der Waals surface area contributed by atoms with Crippen LogP contribution < -0.4 is 5.32 Å². The van der Waals surface area contributed by atoms with E-state index >= 15 is 0 Å². The molecule has 2 aromatic heterocycles. The lowest BCUT2D eigenvalue weighted by molar-refractivity contribution is 0.0736. The average Bonchev–Trinajstić information content (AvgIpc) is 2.82. The molecule has 0 saturated carbocycles. The predicted octanol–water partition coefficient (Wildman–Crippen LogP) is 2.95. The van der Waals surface area contributed by atoms with Gasteiger partial charge in [0.2, 0.25) is 0 Å². The van der Waals surface area contributed by atoms with E-state index in [1.165, 1.54) is 12.1 Å². The van der Waals surface area contributed by atoms with Crippen molar-refractivity contribution in [3.8, 4) is 0 Å². The van der Waals surface area contributed by atoms with Crippen molar-refractivity contribution in [2.45, 2.75) is 19.1 Å². The van der Waals surface area contributed by atoms with E-state index in [9.17, 15) is 9.50 Å². The molecule has 0 unspecified atom stereocenters. The number of nitrogens with one attached hydrogen (secondary N) is 1. The van der Waals surface area contributed by atoms with E-state index in [4.69, 9.17) is 11.6 Å². The minimum atomic E-state index is -0.385. The van der Waals surface area contributed by atoms with Gasteiger partial charge in [-0.3, -0.25) is 0 Å². The van der Waals surface area contributed by atoms with Crippen LogP contribution in [0.25, 0.3) is 21.9 Å². The van der Waals surface area contributed by atoms with Crippen LogP contribution in [0.5, 0.6) is 0 Å². The molecular formula is C17H17ClFN3O. The van der Waals surface area contributed by atoms with E-state index in [1.807, 2.05) is 6.07 Å². The standard InChI is InChI=1S/C17H17ClFN3O/c18-11-5-14-13-6-12(19)1-2-15(13)22(17(14)21-7-11)9-10-3-4-20-8-16(10)23/h1-2,5-7,10,16,20,23H,3-4,8-9H2/t10-,16+/m1/s1. The van der Waals surface area contributed by atoms with Crippen LogP contribution in [-0.4, -0.2) is 33.9 Å². The molecule has 0 spiro atoms. The summed E-state index contributed by atoms with van der Waals surface area (Å²) in [5, 5.41) is 15.6. The number of benzene rings is 1. The van der Waals surface area contributed by atoms with Crippen LogP contribution in [0.1, 0.15) is 6.42 Å². The molecule has 2 N–H and O–H groups in total. The Kier molecular flexibility index (Phi) is 3.71. The quantitative estimate of drug-likeness (QED) is 0.758. The van der Waals surface area contributed by atoms with E-state index in [-0.39, 0.29) is 17.8 Å². The number of fused-ring (bicyclic) bond motifs is 3. The maximum atomic E-state index is 13.7. The first-order chi connectivity index (χ1) is 11.1. The monoisotopic (exact) mass is 333 g/mol. The molecule has 0 radical (unpaired) electrons. The Morgan fingerprint density at radius 2 is 2.22 bits per heavy atom. The van der Waals surface area contributed by atoms with Crippen LogP contribution >= 0.6 is 11.6 Å². The van der Waals surface area contributed by atoms with Crippen molar-refractivity contribution in [2.75, 3.05) is 13.1 Å². The van der Waals surface area contributed by atoms with Gasteiger partial charge in [0.25, 0.3) is 0 Å². The smallest absolute Gasteiger partial charge is 0.141 e. The molecule has 4 rings (SSSR count). The summed E-state index contributed by atoms with van der Waals surface area (Å²) < 4.78 is 15.8. The van der Waals surface area contributed by atoms with E-state index in [0.717, 1.165) is 34.9 Å². The first-order valence-corrected chi connectivity index (χ1v) is 8.13. The molecule has 0 amide bonds. The molecule has 1 aliphatic heterocycles. The van der Waals surface area contributed by atoms with Crippen LogP contribution in [-0.2, 0) is 6.54 Å². The van der Waals surface area contributed by atoms with Gasteiger partial charge >= 0.3 is 0 Å². The van der Waals surface area contributed by atoms with Gasteiger partial charge in [-0.2, -0.15) is 0 Å². The normalized spacial score (nSPS) is 22.0. The minimum absolute atomic E-state index is 0.151. The molecule has 3 heterocycles. The number of hydrogen-bond acceptors (Lipinski definition) is 3. The van der Waals surface area contributed by atoms with E-state index < -0.39 is 0 Å². The topological polar surface area (TPSA) is 50.1 Å². The summed E-state index contributed by atoms with van der Waals surface area (Å²) in [5.41, 5.74) is 1.70. The van der Waals surface area contributed by atoms with E-state index in [0.29, 0.717) is 18.1 Å². The highest BCUT2D eigenvalue weighted by Gasteiger charge is 2.25. The van der Waals surface area contributed by atoms with E-state index in [1.54, 1.807) is 12.3 Å². The lowest BCUT2D eigenvalue weighted by Gasteiger charge is -2.29. The Balaban J connectivity index is 1.89. The number of nitrogens with zero attached hydrogens (tertiary/aromatic N) is 2. The molecule has 0 bridgehead atoms. The van der Waals surface area contributed by atoms with Gasteiger partial charge in [-0.25, -0.2) is 9.37 Å². The van der Waals surface area contributed by atoms with Crippen LogP contribution in [0, 0.1) is 11.7 Å². The van der Waals surface area contributed by atoms with Gasteiger partial charge in [-0.05, 0) is 37.2 Å². The lowest BCUT2D eigenvalue weighted by Crippen LogP contribution is -2.42. The number of β-amino-alcohol motifs (C(OH)–C–C–N with tert-alkyl or cyclic N) is 1. The molecule has 1 fully saturated rings. The number of piperidine rings is 1. The fourth-order valence-electron chi connectivity index (χ4n) is 3.45. The number of aromatic nitrogens is 2. The largest absolute Gasteiger partial charge is 0.391 e. The van der Waals surface area contributed by atoms with Gasteiger partial charge in [-0.15, -0.1) is 0 Å². The van der Waals surface area contributed by atoms with Crippen molar-refractivity contribution in [1.82, 2.24) is 14.9 Å². The maximum absolute atomic E-state index is 13.7. The highest BCUT2D eigenvalue weighted by Crippen LogP contribution is 2.31. The van der Waals surface area contributed by atoms with E-state index in [2.05, 4.69) is 14.9 Å². The fraction of sp³-hybridized carbons (Fsp3) is 0.353. The number of halogens is 2. The van der Waals surface area contributed by atoms with Crippen LogP contribution in [0.4, 0.5) is 4.39 Å². The molecule has 23 heavy (non-hydrogen) atoms. The van der Waals surface area contributed by atoms with Crippen LogP contribution in [0.2, 0.25) is 5.02 Å². The number of rotatable bonds is 2. The molecule has 3 aromatic rings. The third-order valence-corrected chi connectivity index (χ3v) is 4.84. The first-order valence-electron chi connectivity index (χ1n) is 7.75. The van der Waals surface area contributed by atoms with Crippen molar-refractivity contribution in [2.24, 2.45) is 5.92 Å². The second-order valence-corrected chi connectivity index (χ2v) is 6.55. The number of pyridine rings is 1. The summed E-state index contributed by atoms with van der Waals surface area (Å²) >= 11 is 6.07. The molecule has 1 aromatic carbocycles. The Labute approximate surface area is 137 Å². The van der Waals surface area contributed by atoms with Gasteiger partial charge in [0.1, 0.15) is 11.5 Å². The highest BCUT2D eigenvalue weighted by atomic mass is 35.5. The van der Waals surface area contributed by atoms with Crippen LogP contribution in [0.3, 0.4) is 0 Å². The zero-order valence-corrected chi connectivity index (χ0v) is 13.2. The molecule has 120 valence electrons. The molecule has 6 heteroatoms. The molecule has 2 atom stereocenters. The van der Waals surface area contributed by atoms with Crippen LogP contribution in [0.15, 0.2) is 30.5 Å². The Morgan fingerprint density at radius 1 is 1.35 bits per heavy atom. The highest BCUT2D eigenvalue weighted by molar-refractivity contribution is 6.31. The Morgan fingerprint density at radius 3 is 3.04 bits per heavy atom. The van der Waals surface area contributed by atoms with Gasteiger partial charge in [0.15, 0.2) is 0 Å². The van der Waals surface area contributed by atoms with Gasteiger partial charge in [0, 0.05) is 36.0 Å². The predicted molar refractivity (Wildman–Crippen MR) is 89.2 cm³/mol. The number of aliphatic hydroxyl groups is 1. The fourth-order valence-corrected chi connectivity index (χ4v) is 3.61. The zero-order valence-electron chi connectivity index (χ0n) is 12.5. The van der Waals surface area contributed by atoms with Crippen molar-refractivity contribution in [3.05, 3.63) is 41.3 Å². The lowest BCUT2D eigenvalue weighted by atomic mass is 9.95. The average molecular weight is 334 g/mol. The Bertz CT molecular complexity index is 820. The summed E-state index contributed by atoms with van der Waals surface area (Å²) in [6, 6.07) is 6.57. The summed E-state index contributed by atoms with van der Waals surface area (Å²) in [5.74, 6) is -0.129. The first kappa shape index (κ1) is 14.9. The third kappa shape index (κ3) is 2.59. The van der Waals surface area contributed by atoms with Gasteiger partial charge < -0.3 is 15.0 Å². The van der Waals surface area contributed by atoms with Crippen molar-refractivity contribution in [1.29, 1.82) is 0 Å². The van der Waals surface area contributed by atoms with Gasteiger partial charge in [-0.1, -0.05) is 11.6 Å². The summed E-state index contributed by atoms with van der Waals surface area (Å²) in [7, 11) is 0. The van der Waals surface area contributed by atoms with Gasteiger partial charge in [0.05, 0.1) is 16.6 Å². The molecule has 0 aliphatic carbocycles. The molecule has 4 nitrogen and oxygen atoms in total. The summed E-state index contributed by atoms with van der Waals surface area (Å²) in [4.78, 5) is 4.45. The number of aliphatic hydroxyl groups excluding tert-OH is 1. The van der Waals surface area contributed by atoms with Crippen molar-refractivity contribution in [3.63, 3.8) is 0 Å². The van der Waals surface area contributed by atoms with Crippen molar-refractivity contribution < 1.29 is 9.50 Å². The number of hydrogen-bond donors (Lipinski definition) is 2. The second kappa shape index (κ2) is 5.74. The third-order valence-electron chi connectivity index (χ3n) is 4.64. The minimum Gasteiger partial charge on any atom is -0.391 e. The van der Waals surface area contributed by atoms with Crippen molar-refractivity contribution >= 4 is 33.5 Å². The zero-order chi connectivity index (χ0) is 16.0. The SMILES string of the molecule is O[C@H]1CNCC[C@@H]1Cn1c2ccc(F)cc2c2cc(Cl)cnc21. The molecule has 1 aliphatic rings. The summed E-state index contributed by atoms with van der Waals surface area (Å²) in [6.07, 6.45) is 2.12. The second-order valence-electron chi connectivity index (χ2n) is 6.12.